The van der Waals surface area contributed by atoms with Gasteiger partial charge in [0.05, 0.1) is 17.7 Å². The Bertz CT molecular complexity index is 1480. The van der Waals surface area contributed by atoms with Crippen LogP contribution in [0.5, 0.6) is 11.5 Å². The van der Waals surface area contributed by atoms with Gasteiger partial charge in [-0.25, -0.2) is 17.8 Å². The molecule has 1 aliphatic rings. The summed E-state index contributed by atoms with van der Waals surface area (Å²) in [5.74, 6) is 0.722. The molecule has 1 fully saturated rings. The second kappa shape index (κ2) is 11.0. The van der Waals surface area contributed by atoms with Gasteiger partial charge < -0.3 is 9.47 Å². The molecule has 37 heavy (non-hydrogen) atoms. The fraction of sp³-hybridized carbons (Fsp3) is 0.250. The van der Waals surface area contributed by atoms with Crippen LogP contribution in [0.4, 0.5) is 4.39 Å². The maximum absolute atomic E-state index is 13.9. The predicted octanol–water partition coefficient (Wildman–Crippen LogP) is 6.38. The molecule has 1 saturated heterocycles. The molecule has 1 aliphatic heterocycles. The summed E-state index contributed by atoms with van der Waals surface area (Å²) in [7, 11) is -1.91. The van der Waals surface area contributed by atoms with Crippen molar-refractivity contribution in [2.45, 2.75) is 30.8 Å². The van der Waals surface area contributed by atoms with E-state index in [1.54, 1.807) is 59.9 Å². The Balaban J connectivity index is 1.31. The van der Waals surface area contributed by atoms with E-state index in [4.69, 9.17) is 14.5 Å². The Kier molecular flexibility index (Phi) is 7.55. The molecule has 192 valence electrons. The van der Waals surface area contributed by atoms with Crippen LogP contribution in [0.15, 0.2) is 77.0 Å². The number of nitrogens with zero attached hydrogens (tertiary/aromatic N) is 2. The quantitative estimate of drug-likeness (QED) is 0.260. The standard InChI is InChI=1S/C28H27FN2O4S2/c1-34-27-17-21(11-14-26(27)35-18-22-7-3-4-8-24(22)29)28-30-25(19-36-28)20-9-12-23(13-10-20)37(32,33)31-15-5-2-6-16-31/h3-4,7-14,17,19H,2,5-6,15-16,18H2,1H3. The van der Waals surface area contributed by atoms with Crippen molar-refractivity contribution in [3.63, 3.8) is 0 Å². The van der Waals surface area contributed by atoms with Crippen LogP contribution in [0.25, 0.3) is 21.8 Å². The minimum absolute atomic E-state index is 0.0905. The monoisotopic (exact) mass is 538 g/mol. The Morgan fingerprint density at radius 1 is 0.946 bits per heavy atom. The van der Waals surface area contributed by atoms with Gasteiger partial charge in [-0.1, -0.05) is 36.8 Å². The molecule has 2 heterocycles. The molecule has 1 aromatic heterocycles. The second-order valence-corrected chi connectivity index (χ2v) is 11.6. The molecule has 0 unspecified atom stereocenters. The highest BCUT2D eigenvalue weighted by molar-refractivity contribution is 7.89. The lowest BCUT2D eigenvalue weighted by Gasteiger charge is -2.25. The number of halogens is 1. The average molecular weight is 539 g/mol. The van der Waals surface area contributed by atoms with Crippen LogP contribution in [-0.4, -0.2) is 37.9 Å². The molecule has 3 aromatic carbocycles. The van der Waals surface area contributed by atoms with Gasteiger partial charge in [0, 0.05) is 35.2 Å². The van der Waals surface area contributed by atoms with Crippen molar-refractivity contribution in [2.75, 3.05) is 20.2 Å². The number of sulfonamides is 1. The SMILES string of the molecule is COc1cc(-c2nc(-c3ccc(S(=O)(=O)N4CCCCC4)cc3)cs2)ccc1OCc1ccccc1F. The van der Waals surface area contributed by atoms with E-state index in [9.17, 15) is 12.8 Å². The molecule has 9 heteroatoms. The number of thiazole rings is 1. The molecule has 6 nitrogen and oxygen atoms in total. The van der Waals surface area contributed by atoms with E-state index in [0.717, 1.165) is 41.1 Å². The summed E-state index contributed by atoms with van der Waals surface area (Å²) in [5.41, 5.74) is 2.93. The number of ether oxygens (including phenoxy) is 2. The van der Waals surface area contributed by atoms with Crippen LogP contribution >= 0.6 is 11.3 Å². The van der Waals surface area contributed by atoms with E-state index in [2.05, 4.69) is 0 Å². The smallest absolute Gasteiger partial charge is 0.243 e. The molecular formula is C28H27FN2O4S2. The molecule has 0 radical (unpaired) electrons. The van der Waals surface area contributed by atoms with Gasteiger partial charge in [0.2, 0.25) is 10.0 Å². The van der Waals surface area contributed by atoms with Crippen molar-refractivity contribution in [1.29, 1.82) is 0 Å². The fourth-order valence-corrected chi connectivity index (χ4v) is 6.62. The lowest BCUT2D eigenvalue weighted by Crippen LogP contribution is -2.35. The van der Waals surface area contributed by atoms with Crippen LogP contribution in [0.2, 0.25) is 0 Å². The number of aromatic nitrogens is 1. The zero-order valence-corrected chi connectivity index (χ0v) is 22.0. The van der Waals surface area contributed by atoms with Gasteiger partial charge in [0.25, 0.3) is 0 Å². The zero-order valence-electron chi connectivity index (χ0n) is 20.4. The van der Waals surface area contributed by atoms with Gasteiger partial charge in [-0.3, -0.25) is 0 Å². The third kappa shape index (κ3) is 5.53. The van der Waals surface area contributed by atoms with Crippen LogP contribution in [0.3, 0.4) is 0 Å². The van der Waals surface area contributed by atoms with E-state index >= 15 is 0 Å². The molecule has 0 spiro atoms. The number of methoxy groups -OCH3 is 1. The first kappa shape index (κ1) is 25.4. The van der Waals surface area contributed by atoms with Crippen LogP contribution in [0.1, 0.15) is 24.8 Å². The largest absolute Gasteiger partial charge is 0.493 e. The van der Waals surface area contributed by atoms with E-state index in [-0.39, 0.29) is 12.4 Å². The van der Waals surface area contributed by atoms with Crippen molar-refractivity contribution in [2.24, 2.45) is 0 Å². The highest BCUT2D eigenvalue weighted by atomic mass is 32.2. The number of hydrogen-bond donors (Lipinski definition) is 0. The summed E-state index contributed by atoms with van der Waals surface area (Å²) < 4.78 is 52.7. The maximum atomic E-state index is 13.9. The fourth-order valence-electron chi connectivity index (χ4n) is 4.28. The lowest BCUT2D eigenvalue weighted by molar-refractivity contribution is 0.280. The summed E-state index contributed by atoms with van der Waals surface area (Å²) in [6.07, 6.45) is 2.89. The summed E-state index contributed by atoms with van der Waals surface area (Å²) >= 11 is 1.48. The molecule has 0 atom stereocenters. The van der Waals surface area contributed by atoms with Crippen molar-refractivity contribution in [3.05, 3.63) is 83.5 Å². The topological polar surface area (TPSA) is 68.7 Å². The highest BCUT2D eigenvalue weighted by Crippen LogP contribution is 2.36. The zero-order chi connectivity index (χ0) is 25.8. The molecule has 0 aliphatic carbocycles. The van der Waals surface area contributed by atoms with E-state index < -0.39 is 10.0 Å². The van der Waals surface area contributed by atoms with Crippen molar-refractivity contribution < 1.29 is 22.3 Å². The third-order valence-electron chi connectivity index (χ3n) is 6.36. The first-order valence-corrected chi connectivity index (χ1v) is 14.4. The van der Waals surface area contributed by atoms with Crippen molar-refractivity contribution in [1.82, 2.24) is 9.29 Å². The van der Waals surface area contributed by atoms with E-state index in [1.165, 1.54) is 17.4 Å². The third-order valence-corrected chi connectivity index (χ3v) is 9.16. The van der Waals surface area contributed by atoms with E-state index in [0.29, 0.717) is 35.0 Å². The maximum Gasteiger partial charge on any atom is 0.243 e. The summed E-state index contributed by atoms with van der Waals surface area (Å²) in [5, 5.41) is 2.73. The van der Waals surface area contributed by atoms with E-state index in [1.807, 2.05) is 17.5 Å². The Morgan fingerprint density at radius 3 is 2.41 bits per heavy atom. The lowest BCUT2D eigenvalue weighted by atomic mass is 10.1. The number of rotatable bonds is 8. The molecule has 4 aromatic rings. The number of benzene rings is 3. The van der Waals surface area contributed by atoms with Gasteiger partial charge in [0.1, 0.15) is 17.4 Å². The molecule has 0 bridgehead atoms. The number of hydrogen-bond acceptors (Lipinski definition) is 6. The van der Waals surface area contributed by atoms with Gasteiger partial charge in [-0.2, -0.15) is 4.31 Å². The predicted molar refractivity (Wildman–Crippen MR) is 143 cm³/mol. The minimum Gasteiger partial charge on any atom is -0.493 e. The van der Waals surface area contributed by atoms with Crippen molar-refractivity contribution >= 4 is 21.4 Å². The molecule has 0 amide bonds. The minimum atomic E-state index is -3.47. The van der Waals surface area contributed by atoms with Gasteiger partial charge >= 0.3 is 0 Å². The normalized spacial score (nSPS) is 14.4. The van der Waals surface area contributed by atoms with Crippen LogP contribution in [0, 0.1) is 5.82 Å². The van der Waals surface area contributed by atoms with Gasteiger partial charge in [0.15, 0.2) is 11.5 Å². The average Bonchev–Trinajstić information content (AvgIpc) is 3.43. The molecule has 0 N–H and O–H groups in total. The summed E-state index contributed by atoms with van der Waals surface area (Å²) in [4.78, 5) is 5.06. The first-order chi connectivity index (χ1) is 18.0. The summed E-state index contributed by atoms with van der Waals surface area (Å²) in [6, 6.07) is 18.9. The molecule has 5 rings (SSSR count). The Hall–Kier alpha value is -3.27. The van der Waals surface area contributed by atoms with Crippen LogP contribution in [-0.2, 0) is 16.6 Å². The Morgan fingerprint density at radius 2 is 1.68 bits per heavy atom. The van der Waals surface area contributed by atoms with Crippen LogP contribution < -0.4 is 9.47 Å². The summed E-state index contributed by atoms with van der Waals surface area (Å²) in [6.45, 7) is 1.25. The Labute approximate surface area is 220 Å². The van der Waals surface area contributed by atoms with Gasteiger partial charge in [-0.05, 0) is 49.2 Å². The molecule has 0 saturated carbocycles. The molecular weight excluding hydrogens is 511 g/mol. The highest BCUT2D eigenvalue weighted by Gasteiger charge is 2.25. The first-order valence-electron chi connectivity index (χ1n) is 12.1. The van der Waals surface area contributed by atoms with Crippen molar-refractivity contribution in [3.8, 4) is 33.3 Å². The van der Waals surface area contributed by atoms with Gasteiger partial charge in [-0.15, -0.1) is 11.3 Å². The number of piperidine rings is 1. The second-order valence-electron chi connectivity index (χ2n) is 8.77.